The first-order valence-corrected chi connectivity index (χ1v) is 10.0. The van der Waals surface area contributed by atoms with E-state index < -0.39 is 0 Å². The molecule has 0 saturated carbocycles. The van der Waals surface area contributed by atoms with Crippen molar-refractivity contribution in [2.75, 3.05) is 24.5 Å². The Bertz CT molecular complexity index is 745. The van der Waals surface area contributed by atoms with Gasteiger partial charge in [0.25, 0.3) is 0 Å². The van der Waals surface area contributed by atoms with Gasteiger partial charge in [-0.25, -0.2) is 14.7 Å². The number of anilines is 2. The lowest BCUT2D eigenvalue weighted by Gasteiger charge is -2.34. The van der Waals surface area contributed by atoms with Crippen LogP contribution in [0.2, 0.25) is 0 Å². The van der Waals surface area contributed by atoms with Gasteiger partial charge in [0.1, 0.15) is 6.10 Å². The van der Waals surface area contributed by atoms with Crippen molar-refractivity contribution in [3.63, 3.8) is 0 Å². The second-order valence-corrected chi connectivity index (χ2v) is 7.74. The summed E-state index contributed by atoms with van der Waals surface area (Å²) >= 11 is 1.64. The number of carbonyl (C=O) groups excluding carboxylic acids is 1. The third-order valence-corrected chi connectivity index (χ3v) is 5.92. The SMILES string of the molecule is CCCN1CCC(OC(=O)N2c3ccccc3Sc3cccnc32)CC1. The number of para-hydroxylation sites is 1. The van der Waals surface area contributed by atoms with Crippen molar-refractivity contribution in [1.29, 1.82) is 0 Å². The summed E-state index contributed by atoms with van der Waals surface area (Å²) in [4.78, 5) is 23.6. The highest BCUT2D eigenvalue weighted by molar-refractivity contribution is 7.99. The molecule has 0 radical (unpaired) electrons. The minimum Gasteiger partial charge on any atom is -0.445 e. The highest BCUT2D eigenvalue weighted by Crippen LogP contribution is 2.47. The van der Waals surface area contributed by atoms with Gasteiger partial charge in [-0.2, -0.15) is 0 Å². The quantitative estimate of drug-likeness (QED) is 0.785. The fraction of sp³-hybridized carbons (Fsp3) is 0.400. The molecule has 1 saturated heterocycles. The standard InChI is InChI=1S/C20H23N3O2S/c1-2-12-22-13-9-15(10-14-22)25-20(24)23-16-6-3-4-7-17(16)26-18-8-5-11-21-19(18)23/h3-8,11,15H,2,9-10,12-14H2,1H3. The van der Waals surface area contributed by atoms with Crippen LogP contribution in [0.15, 0.2) is 52.4 Å². The maximum Gasteiger partial charge on any atom is 0.420 e. The molecule has 2 aliphatic heterocycles. The molecule has 4 rings (SSSR count). The molecule has 136 valence electrons. The van der Waals surface area contributed by atoms with Crippen molar-refractivity contribution in [1.82, 2.24) is 9.88 Å². The van der Waals surface area contributed by atoms with Crippen LogP contribution >= 0.6 is 11.8 Å². The van der Waals surface area contributed by atoms with Crippen LogP contribution in [0.4, 0.5) is 16.3 Å². The Kier molecular flexibility index (Phi) is 5.13. The maximum atomic E-state index is 13.0. The molecule has 1 fully saturated rings. The molecule has 26 heavy (non-hydrogen) atoms. The molecule has 0 spiro atoms. The normalized spacial score (nSPS) is 17.5. The molecule has 1 amide bonds. The van der Waals surface area contributed by atoms with Crippen molar-refractivity contribution >= 4 is 29.4 Å². The summed E-state index contributed by atoms with van der Waals surface area (Å²) in [5, 5.41) is 0. The predicted molar refractivity (Wildman–Crippen MR) is 103 cm³/mol. The smallest absolute Gasteiger partial charge is 0.420 e. The first-order chi connectivity index (χ1) is 12.8. The highest BCUT2D eigenvalue weighted by atomic mass is 32.2. The summed E-state index contributed by atoms with van der Waals surface area (Å²) in [7, 11) is 0. The van der Waals surface area contributed by atoms with Crippen molar-refractivity contribution in [2.45, 2.75) is 42.1 Å². The van der Waals surface area contributed by atoms with Crippen LogP contribution < -0.4 is 4.90 Å². The molecular weight excluding hydrogens is 346 g/mol. The fourth-order valence-electron chi connectivity index (χ4n) is 3.54. The van der Waals surface area contributed by atoms with E-state index in [1.807, 2.05) is 36.4 Å². The Hall–Kier alpha value is -2.05. The molecule has 2 aromatic rings. The number of hydrogen-bond acceptors (Lipinski definition) is 5. The molecule has 3 heterocycles. The van der Waals surface area contributed by atoms with E-state index in [1.54, 1.807) is 22.9 Å². The number of aromatic nitrogens is 1. The van der Waals surface area contributed by atoms with Gasteiger partial charge in [-0.05, 0) is 50.1 Å². The Labute approximate surface area is 158 Å². The van der Waals surface area contributed by atoms with E-state index in [4.69, 9.17) is 4.74 Å². The topological polar surface area (TPSA) is 45.7 Å². The van der Waals surface area contributed by atoms with Gasteiger partial charge in [-0.3, -0.25) is 0 Å². The van der Waals surface area contributed by atoms with Crippen LogP contribution in [0.5, 0.6) is 0 Å². The monoisotopic (exact) mass is 369 g/mol. The van der Waals surface area contributed by atoms with Gasteiger partial charge >= 0.3 is 6.09 Å². The summed E-state index contributed by atoms with van der Waals surface area (Å²) in [5.41, 5.74) is 0.845. The molecule has 2 aliphatic rings. The van der Waals surface area contributed by atoms with Crippen molar-refractivity contribution < 1.29 is 9.53 Å². The molecule has 6 heteroatoms. The summed E-state index contributed by atoms with van der Waals surface area (Å²) in [6, 6.07) is 11.8. The zero-order valence-corrected chi connectivity index (χ0v) is 15.7. The van der Waals surface area contributed by atoms with E-state index in [-0.39, 0.29) is 12.2 Å². The summed E-state index contributed by atoms with van der Waals surface area (Å²) < 4.78 is 5.88. The van der Waals surface area contributed by atoms with Crippen molar-refractivity contribution in [2.24, 2.45) is 0 Å². The molecule has 0 unspecified atom stereocenters. The zero-order chi connectivity index (χ0) is 17.9. The lowest BCUT2D eigenvalue weighted by Crippen LogP contribution is -2.40. The van der Waals surface area contributed by atoms with Gasteiger partial charge in [0.2, 0.25) is 0 Å². The molecule has 0 aliphatic carbocycles. The first kappa shape index (κ1) is 17.4. The highest BCUT2D eigenvalue weighted by Gasteiger charge is 2.32. The van der Waals surface area contributed by atoms with Crippen LogP contribution in [0.25, 0.3) is 0 Å². The number of carbonyl (C=O) groups is 1. The van der Waals surface area contributed by atoms with Crippen LogP contribution in [0, 0.1) is 0 Å². The van der Waals surface area contributed by atoms with Crippen LogP contribution in [0.3, 0.4) is 0 Å². The average Bonchev–Trinajstić information content (AvgIpc) is 2.67. The molecule has 0 atom stereocenters. The zero-order valence-electron chi connectivity index (χ0n) is 14.9. The van der Waals surface area contributed by atoms with Crippen molar-refractivity contribution in [3.05, 3.63) is 42.6 Å². The van der Waals surface area contributed by atoms with E-state index in [2.05, 4.69) is 16.8 Å². The van der Waals surface area contributed by atoms with Crippen LogP contribution in [0.1, 0.15) is 26.2 Å². The molecule has 1 aromatic heterocycles. The number of hydrogen-bond donors (Lipinski definition) is 0. The molecule has 5 nitrogen and oxygen atoms in total. The Morgan fingerprint density at radius 3 is 2.77 bits per heavy atom. The Morgan fingerprint density at radius 1 is 1.19 bits per heavy atom. The first-order valence-electron chi connectivity index (χ1n) is 9.21. The van der Waals surface area contributed by atoms with Gasteiger partial charge < -0.3 is 9.64 Å². The Balaban J connectivity index is 1.53. The van der Waals surface area contributed by atoms with E-state index in [0.29, 0.717) is 5.82 Å². The van der Waals surface area contributed by atoms with Crippen LogP contribution in [-0.4, -0.2) is 41.7 Å². The van der Waals surface area contributed by atoms with Gasteiger partial charge in [-0.1, -0.05) is 30.8 Å². The predicted octanol–water partition coefficient (Wildman–Crippen LogP) is 4.70. The molecule has 1 aromatic carbocycles. The number of pyridine rings is 1. The molecule has 0 bridgehead atoms. The summed E-state index contributed by atoms with van der Waals surface area (Å²) in [5.74, 6) is 0.657. The van der Waals surface area contributed by atoms with E-state index in [9.17, 15) is 4.79 Å². The molecular formula is C20H23N3O2S. The second kappa shape index (κ2) is 7.68. The lowest BCUT2D eigenvalue weighted by molar-refractivity contribution is 0.0561. The fourth-order valence-corrected chi connectivity index (χ4v) is 4.57. The maximum absolute atomic E-state index is 13.0. The van der Waals surface area contributed by atoms with Gasteiger partial charge in [-0.15, -0.1) is 0 Å². The third-order valence-electron chi connectivity index (χ3n) is 4.81. The Morgan fingerprint density at radius 2 is 1.96 bits per heavy atom. The summed E-state index contributed by atoms with van der Waals surface area (Å²) in [6.07, 6.45) is 4.32. The number of amides is 1. The summed E-state index contributed by atoms with van der Waals surface area (Å²) in [6.45, 7) is 5.30. The average molecular weight is 369 g/mol. The van der Waals surface area contributed by atoms with Gasteiger partial charge in [0, 0.05) is 24.2 Å². The largest absolute Gasteiger partial charge is 0.445 e. The van der Waals surface area contributed by atoms with E-state index in [0.717, 1.165) is 54.4 Å². The lowest BCUT2D eigenvalue weighted by atomic mass is 10.1. The van der Waals surface area contributed by atoms with E-state index >= 15 is 0 Å². The van der Waals surface area contributed by atoms with E-state index in [1.165, 1.54) is 0 Å². The second-order valence-electron chi connectivity index (χ2n) is 6.66. The third kappa shape index (κ3) is 3.44. The minimum atomic E-state index is -0.327. The number of benzene rings is 1. The number of nitrogens with zero attached hydrogens (tertiary/aromatic N) is 3. The minimum absolute atomic E-state index is 0.0236. The van der Waals surface area contributed by atoms with Gasteiger partial charge in [0.05, 0.1) is 10.6 Å². The van der Waals surface area contributed by atoms with Crippen LogP contribution in [-0.2, 0) is 4.74 Å². The molecule has 0 N–H and O–H groups in total. The van der Waals surface area contributed by atoms with Gasteiger partial charge in [0.15, 0.2) is 5.82 Å². The number of ether oxygens (including phenoxy) is 1. The number of piperidine rings is 1. The number of fused-ring (bicyclic) bond motifs is 2. The van der Waals surface area contributed by atoms with Crippen molar-refractivity contribution in [3.8, 4) is 0 Å². The number of rotatable bonds is 3. The number of likely N-dealkylation sites (tertiary alicyclic amines) is 1.